The van der Waals surface area contributed by atoms with Gasteiger partial charge in [-0.3, -0.25) is 4.79 Å². The summed E-state index contributed by atoms with van der Waals surface area (Å²) in [6.45, 7) is 5.97. The number of ether oxygens (including phenoxy) is 1. The summed E-state index contributed by atoms with van der Waals surface area (Å²) >= 11 is 5.99. The van der Waals surface area contributed by atoms with Gasteiger partial charge >= 0.3 is 5.97 Å². The number of nitrogens with zero attached hydrogens (tertiary/aromatic N) is 2. The van der Waals surface area contributed by atoms with Crippen LogP contribution in [0.2, 0.25) is 5.02 Å². The van der Waals surface area contributed by atoms with E-state index in [0.717, 1.165) is 30.2 Å². The van der Waals surface area contributed by atoms with Crippen LogP contribution in [0, 0.1) is 0 Å². The quantitative estimate of drug-likeness (QED) is 0.213. The van der Waals surface area contributed by atoms with E-state index < -0.39 is 5.97 Å². The molecule has 0 amide bonds. The predicted octanol–water partition coefficient (Wildman–Crippen LogP) is 7.68. The minimum Gasteiger partial charge on any atom is -0.478 e. The van der Waals surface area contributed by atoms with E-state index in [9.17, 15) is 14.7 Å². The van der Waals surface area contributed by atoms with E-state index >= 15 is 0 Å². The maximum Gasteiger partial charge on any atom is 0.335 e. The highest BCUT2D eigenvalue weighted by atomic mass is 35.5. The van der Waals surface area contributed by atoms with Crippen LogP contribution in [0.1, 0.15) is 40.1 Å². The SMILES string of the molecule is CCN(CC)c1ccc(Oc2cc(C(=O)O)cc(C(=O)c3ccc(N(C)c4ccc(Cl)cc4)cc3)c2)cc1. The van der Waals surface area contributed by atoms with Gasteiger partial charge < -0.3 is 19.6 Å². The Morgan fingerprint density at radius 2 is 1.24 bits per heavy atom. The van der Waals surface area contributed by atoms with E-state index in [4.69, 9.17) is 16.3 Å². The first-order valence-electron chi connectivity index (χ1n) is 12.3. The van der Waals surface area contributed by atoms with E-state index in [0.29, 0.717) is 16.3 Å². The van der Waals surface area contributed by atoms with Crippen LogP contribution in [-0.2, 0) is 0 Å². The molecule has 0 aliphatic heterocycles. The molecular formula is C31H29ClN2O4. The summed E-state index contributed by atoms with van der Waals surface area (Å²) in [6.07, 6.45) is 0. The van der Waals surface area contributed by atoms with Crippen LogP contribution >= 0.6 is 11.6 Å². The van der Waals surface area contributed by atoms with E-state index in [1.165, 1.54) is 12.1 Å². The Hall–Kier alpha value is -4.29. The van der Waals surface area contributed by atoms with Crippen molar-refractivity contribution in [1.82, 2.24) is 0 Å². The van der Waals surface area contributed by atoms with Crippen LogP contribution in [0.4, 0.5) is 17.1 Å². The molecule has 0 fully saturated rings. The maximum absolute atomic E-state index is 13.3. The first kappa shape index (κ1) is 26.8. The van der Waals surface area contributed by atoms with Crippen molar-refractivity contribution in [3.8, 4) is 11.5 Å². The molecule has 0 unspecified atom stereocenters. The van der Waals surface area contributed by atoms with Crippen molar-refractivity contribution in [2.24, 2.45) is 0 Å². The smallest absolute Gasteiger partial charge is 0.335 e. The average Bonchev–Trinajstić information content (AvgIpc) is 2.94. The van der Waals surface area contributed by atoms with Crippen LogP contribution in [0.15, 0.2) is 91.0 Å². The first-order chi connectivity index (χ1) is 18.3. The normalized spacial score (nSPS) is 10.6. The number of carbonyl (C=O) groups excluding carboxylic acids is 1. The fourth-order valence-corrected chi connectivity index (χ4v) is 4.31. The van der Waals surface area contributed by atoms with Gasteiger partial charge in [0.2, 0.25) is 0 Å². The summed E-state index contributed by atoms with van der Waals surface area (Å²) in [5, 5.41) is 10.3. The number of hydrogen-bond donors (Lipinski definition) is 1. The fourth-order valence-electron chi connectivity index (χ4n) is 4.18. The van der Waals surface area contributed by atoms with Crippen LogP contribution in [0.5, 0.6) is 11.5 Å². The summed E-state index contributed by atoms with van der Waals surface area (Å²) in [7, 11) is 1.93. The molecule has 6 nitrogen and oxygen atoms in total. The van der Waals surface area contributed by atoms with Gasteiger partial charge in [-0.2, -0.15) is 0 Å². The lowest BCUT2D eigenvalue weighted by Crippen LogP contribution is -2.21. The number of hydrogen-bond acceptors (Lipinski definition) is 5. The Labute approximate surface area is 227 Å². The van der Waals surface area contributed by atoms with Crippen molar-refractivity contribution in [2.75, 3.05) is 29.9 Å². The first-order valence-corrected chi connectivity index (χ1v) is 12.7. The lowest BCUT2D eigenvalue weighted by atomic mass is 10.0. The van der Waals surface area contributed by atoms with E-state index in [-0.39, 0.29) is 22.7 Å². The van der Waals surface area contributed by atoms with Crippen LogP contribution in [0.25, 0.3) is 0 Å². The Morgan fingerprint density at radius 3 is 1.79 bits per heavy atom. The molecule has 0 saturated carbocycles. The summed E-state index contributed by atoms with van der Waals surface area (Å²) in [6, 6.07) is 26.5. The minimum absolute atomic E-state index is 0.0234. The molecule has 0 heterocycles. The highest BCUT2D eigenvalue weighted by Gasteiger charge is 2.16. The number of aromatic carboxylic acids is 1. The van der Waals surface area contributed by atoms with Crippen LogP contribution in [-0.4, -0.2) is 37.0 Å². The van der Waals surface area contributed by atoms with Gasteiger partial charge in [0.05, 0.1) is 5.56 Å². The van der Waals surface area contributed by atoms with Crippen LogP contribution < -0.4 is 14.5 Å². The number of carboxylic acid groups (broad SMARTS) is 1. The van der Waals surface area contributed by atoms with Gasteiger partial charge in [-0.1, -0.05) is 11.6 Å². The lowest BCUT2D eigenvalue weighted by Gasteiger charge is -2.21. The molecule has 7 heteroatoms. The summed E-state index contributed by atoms with van der Waals surface area (Å²) in [5.74, 6) is -0.601. The van der Waals surface area contributed by atoms with Gasteiger partial charge in [0.25, 0.3) is 0 Å². The molecule has 0 aliphatic rings. The molecule has 0 aliphatic carbocycles. The number of carbonyl (C=O) groups is 2. The summed E-state index contributed by atoms with van der Waals surface area (Å²) in [4.78, 5) is 29.3. The average molecular weight is 529 g/mol. The highest BCUT2D eigenvalue weighted by Crippen LogP contribution is 2.29. The van der Waals surface area contributed by atoms with Gasteiger partial charge in [0.15, 0.2) is 5.78 Å². The van der Waals surface area contributed by atoms with E-state index in [1.54, 1.807) is 18.2 Å². The molecule has 1 N–H and O–H groups in total. The Morgan fingerprint density at radius 1 is 0.711 bits per heavy atom. The Balaban J connectivity index is 1.56. The summed E-state index contributed by atoms with van der Waals surface area (Å²) in [5.41, 5.74) is 3.57. The lowest BCUT2D eigenvalue weighted by molar-refractivity contribution is 0.0696. The largest absolute Gasteiger partial charge is 0.478 e. The monoisotopic (exact) mass is 528 g/mol. The maximum atomic E-state index is 13.3. The number of halogens is 1. The standard InChI is InChI=1S/C31H29ClN2O4/c1-4-34(5-2)27-14-16-28(17-15-27)38-29-19-22(18-23(20-29)31(36)37)30(35)21-6-10-25(11-7-21)33(3)26-12-8-24(32)9-13-26/h6-20H,4-5H2,1-3H3,(H,36,37). The molecule has 0 saturated heterocycles. The zero-order valence-electron chi connectivity index (χ0n) is 21.5. The molecule has 0 spiro atoms. The second kappa shape index (κ2) is 11.8. The van der Waals surface area contributed by atoms with Gasteiger partial charge in [0, 0.05) is 53.3 Å². The van der Waals surface area contributed by atoms with E-state index in [2.05, 4.69) is 18.7 Å². The van der Waals surface area contributed by atoms with Gasteiger partial charge in [-0.15, -0.1) is 0 Å². The number of benzene rings is 4. The van der Waals surface area contributed by atoms with Crippen molar-refractivity contribution in [2.45, 2.75) is 13.8 Å². The van der Waals surface area contributed by atoms with Crippen molar-refractivity contribution in [3.05, 3.63) is 113 Å². The fraction of sp³-hybridized carbons (Fsp3) is 0.161. The zero-order valence-corrected chi connectivity index (χ0v) is 22.3. The topological polar surface area (TPSA) is 70.1 Å². The molecule has 0 radical (unpaired) electrons. The molecule has 0 atom stereocenters. The number of rotatable bonds is 10. The van der Waals surface area contributed by atoms with Crippen molar-refractivity contribution in [3.63, 3.8) is 0 Å². The Bertz CT molecular complexity index is 1410. The molecule has 4 aromatic rings. The van der Waals surface area contributed by atoms with Crippen molar-refractivity contribution in [1.29, 1.82) is 0 Å². The molecule has 194 valence electrons. The molecule has 38 heavy (non-hydrogen) atoms. The van der Waals surface area contributed by atoms with E-state index in [1.807, 2.05) is 72.6 Å². The number of anilines is 3. The second-order valence-corrected chi connectivity index (χ2v) is 9.17. The predicted molar refractivity (Wildman–Crippen MR) is 153 cm³/mol. The number of ketones is 1. The van der Waals surface area contributed by atoms with Crippen molar-refractivity contribution >= 4 is 40.4 Å². The number of carboxylic acids is 1. The molecule has 4 rings (SSSR count). The second-order valence-electron chi connectivity index (χ2n) is 8.73. The van der Waals surface area contributed by atoms with Gasteiger partial charge in [-0.25, -0.2) is 4.79 Å². The van der Waals surface area contributed by atoms with Crippen LogP contribution in [0.3, 0.4) is 0 Å². The highest BCUT2D eigenvalue weighted by molar-refractivity contribution is 6.30. The van der Waals surface area contributed by atoms with Gasteiger partial charge in [-0.05, 0) is 105 Å². The molecule has 4 aromatic carbocycles. The Kier molecular flexibility index (Phi) is 8.34. The minimum atomic E-state index is -1.14. The molecule has 0 bridgehead atoms. The van der Waals surface area contributed by atoms with Crippen molar-refractivity contribution < 1.29 is 19.4 Å². The third-order valence-electron chi connectivity index (χ3n) is 6.35. The zero-order chi connectivity index (χ0) is 27.2. The van der Waals surface area contributed by atoms with Gasteiger partial charge in [0.1, 0.15) is 11.5 Å². The summed E-state index contributed by atoms with van der Waals surface area (Å²) < 4.78 is 5.96. The third-order valence-corrected chi connectivity index (χ3v) is 6.60. The molecule has 0 aromatic heterocycles. The molecular weight excluding hydrogens is 500 g/mol. The third kappa shape index (κ3) is 6.15.